The summed E-state index contributed by atoms with van der Waals surface area (Å²) in [6, 6.07) is 14.6. The average molecular weight is 339 g/mol. The van der Waals surface area contributed by atoms with Crippen molar-refractivity contribution in [2.75, 3.05) is 18.4 Å². The van der Waals surface area contributed by atoms with Crippen molar-refractivity contribution in [3.63, 3.8) is 0 Å². The van der Waals surface area contributed by atoms with Crippen LogP contribution in [0.1, 0.15) is 18.1 Å². The molecule has 5 nitrogen and oxygen atoms in total. The zero-order chi connectivity index (χ0) is 18.2. The number of hydrogen-bond acceptors (Lipinski definition) is 3. The highest BCUT2D eigenvalue weighted by Crippen LogP contribution is 2.10. The van der Waals surface area contributed by atoms with Gasteiger partial charge in [0.15, 0.2) is 0 Å². The van der Waals surface area contributed by atoms with Crippen LogP contribution >= 0.6 is 0 Å². The number of anilines is 1. The summed E-state index contributed by atoms with van der Waals surface area (Å²) in [5.41, 5.74) is 1.83. The van der Waals surface area contributed by atoms with Crippen LogP contribution in [0.3, 0.4) is 0 Å². The van der Waals surface area contributed by atoms with E-state index in [1.807, 2.05) is 6.07 Å². The van der Waals surface area contributed by atoms with Gasteiger partial charge in [-0.05, 0) is 42.3 Å². The van der Waals surface area contributed by atoms with Crippen LogP contribution in [-0.4, -0.2) is 29.8 Å². The minimum atomic E-state index is -0.343. The Hall–Kier alpha value is -3.20. The van der Waals surface area contributed by atoms with Crippen molar-refractivity contribution < 1.29 is 14.0 Å². The van der Waals surface area contributed by atoms with E-state index in [4.69, 9.17) is 5.26 Å². The number of nitrogens with zero attached hydrogens (tertiary/aromatic N) is 2. The SMILES string of the molecule is CC(=O)N(CCc1ccc(F)cc1)CC(=O)Nc1cccc(C#N)c1. The molecule has 0 atom stereocenters. The molecular weight excluding hydrogens is 321 g/mol. The molecule has 2 rings (SSSR count). The number of rotatable bonds is 6. The summed E-state index contributed by atoms with van der Waals surface area (Å²) in [5, 5.41) is 11.5. The molecule has 0 saturated carbocycles. The Morgan fingerprint density at radius 1 is 1.20 bits per heavy atom. The van der Waals surface area contributed by atoms with E-state index < -0.39 is 0 Å². The van der Waals surface area contributed by atoms with E-state index in [9.17, 15) is 14.0 Å². The average Bonchev–Trinajstić information content (AvgIpc) is 2.60. The van der Waals surface area contributed by atoms with Crippen LogP contribution in [0.2, 0.25) is 0 Å². The van der Waals surface area contributed by atoms with E-state index >= 15 is 0 Å². The summed E-state index contributed by atoms with van der Waals surface area (Å²) in [5.74, 6) is -0.876. The van der Waals surface area contributed by atoms with Crippen LogP contribution < -0.4 is 5.32 Å². The normalized spacial score (nSPS) is 9.96. The van der Waals surface area contributed by atoms with E-state index in [0.29, 0.717) is 24.2 Å². The van der Waals surface area contributed by atoms with E-state index in [0.717, 1.165) is 5.56 Å². The molecule has 2 amide bonds. The molecule has 0 aromatic heterocycles. The van der Waals surface area contributed by atoms with Crippen molar-refractivity contribution in [2.45, 2.75) is 13.3 Å². The number of hydrogen-bond donors (Lipinski definition) is 1. The summed E-state index contributed by atoms with van der Waals surface area (Å²) in [7, 11) is 0. The van der Waals surface area contributed by atoms with Crippen molar-refractivity contribution in [2.24, 2.45) is 0 Å². The number of nitriles is 1. The number of carbonyl (C=O) groups is 2. The molecule has 0 unspecified atom stereocenters. The zero-order valence-electron chi connectivity index (χ0n) is 13.8. The molecule has 0 heterocycles. The molecule has 0 bridgehead atoms. The first-order valence-corrected chi connectivity index (χ1v) is 7.78. The second kappa shape index (κ2) is 8.60. The van der Waals surface area contributed by atoms with Crippen LogP contribution in [0, 0.1) is 17.1 Å². The van der Waals surface area contributed by atoms with Gasteiger partial charge < -0.3 is 10.2 Å². The van der Waals surface area contributed by atoms with Gasteiger partial charge in [-0.2, -0.15) is 5.26 Å². The number of carbonyl (C=O) groups excluding carboxylic acids is 2. The van der Waals surface area contributed by atoms with Gasteiger partial charge in [0.1, 0.15) is 5.82 Å². The molecule has 0 aliphatic heterocycles. The van der Waals surface area contributed by atoms with Crippen LogP contribution in [0.4, 0.5) is 10.1 Å². The first-order valence-electron chi connectivity index (χ1n) is 7.78. The van der Waals surface area contributed by atoms with Gasteiger partial charge in [0.05, 0.1) is 18.2 Å². The fourth-order valence-electron chi connectivity index (χ4n) is 2.30. The zero-order valence-corrected chi connectivity index (χ0v) is 13.8. The highest BCUT2D eigenvalue weighted by Gasteiger charge is 2.14. The Morgan fingerprint density at radius 3 is 2.56 bits per heavy atom. The number of nitrogens with one attached hydrogen (secondary N) is 1. The predicted molar refractivity (Wildman–Crippen MR) is 92.1 cm³/mol. The lowest BCUT2D eigenvalue weighted by Gasteiger charge is -2.20. The molecular formula is C19H18FN3O2. The Morgan fingerprint density at radius 2 is 1.92 bits per heavy atom. The Kier molecular flexibility index (Phi) is 6.24. The van der Waals surface area contributed by atoms with Gasteiger partial charge in [-0.15, -0.1) is 0 Å². The standard InChI is InChI=1S/C19H18FN3O2/c1-14(24)23(10-9-15-5-7-17(20)8-6-15)13-19(25)22-18-4-2-3-16(11-18)12-21/h2-8,11H,9-10,13H2,1H3,(H,22,25). The summed E-state index contributed by atoms with van der Waals surface area (Å²) in [4.78, 5) is 25.3. The Bertz CT molecular complexity index is 797. The monoisotopic (exact) mass is 339 g/mol. The maximum absolute atomic E-state index is 12.9. The van der Waals surface area contributed by atoms with Crippen LogP contribution in [0.5, 0.6) is 0 Å². The van der Waals surface area contributed by atoms with Crippen LogP contribution in [0.15, 0.2) is 48.5 Å². The molecule has 0 spiro atoms. The Labute approximate surface area is 145 Å². The minimum absolute atomic E-state index is 0.0900. The predicted octanol–water partition coefficient (Wildman–Crippen LogP) is 2.73. The van der Waals surface area contributed by atoms with E-state index in [-0.39, 0.29) is 24.2 Å². The molecule has 0 saturated heterocycles. The molecule has 0 radical (unpaired) electrons. The highest BCUT2D eigenvalue weighted by atomic mass is 19.1. The van der Waals surface area contributed by atoms with Crippen LogP contribution in [0.25, 0.3) is 0 Å². The van der Waals surface area contributed by atoms with Crippen molar-refractivity contribution in [1.82, 2.24) is 4.90 Å². The van der Waals surface area contributed by atoms with Crippen molar-refractivity contribution >= 4 is 17.5 Å². The maximum atomic E-state index is 12.9. The largest absolute Gasteiger partial charge is 0.333 e. The quantitative estimate of drug-likeness (QED) is 0.879. The Balaban J connectivity index is 1.93. The minimum Gasteiger partial charge on any atom is -0.333 e. The second-order valence-electron chi connectivity index (χ2n) is 5.56. The fraction of sp³-hybridized carbons (Fsp3) is 0.211. The van der Waals surface area contributed by atoms with Crippen molar-refractivity contribution in [1.29, 1.82) is 5.26 Å². The van der Waals surface area contributed by atoms with Gasteiger partial charge in [-0.3, -0.25) is 9.59 Å². The number of halogens is 1. The first kappa shape index (κ1) is 18.1. The van der Waals surface area contributed by atoms with E-state index in [1.165, 1.54) is 24.0 Å². The van der Waals surface area contributed by atoms with E-state index in [1.54, 1.807) is 36.4 Å². The van der Waals surface area contributed by atoms with Gasteiger partial charge in [0.2, 0.25) is 11.8 Å². The maximum Gasteiger partial charge on any atom is 0.243 e. The molecule has 2 aromatic carbocycles. The lowest BCUT2D eigenvalue weighted by molar-refractivity contribution is -0.132. The molecule has 128 valence electrons. The summed E-state index contributed by atoms with van der Waals surface area (Å²) in [6.45, 7) is 1.66. The lowest BCUT2D eigenvalue weighted by Crippen LogP contribution is -2.38. The number of amides is 2. The third kappa shape index (κ3) is 5.74. The fourth-order valence-corrected chi connectivity index (χ4v) is 2.30. The van der Waals surface area contributed by atoms with Gasteiger partial charge >= 0.3 is 0 Å². The molecule has 2 aromatic rings. The van der Waals surface area contributed by atoms with Gasteiger partial charge in [-0.1, -0.05) is 18.2 Å². The first-order chi connectivity index (χ1) is 12.0. The second-order valence-corrected chi connectivity index (χ2v) is 5.56. The van der Waals surface area contributed by atoms with Gasteiger partial charge in [0, 0.05) is 19.2 Å². The third-order valence-corrected chi connectivity index (χ3v) is 3.64. The molecule has 0 aliphatic rings. The third-order valence-electron chi connectivity index (χ3n) is 3.64. The van der Waals surface area contributed by atoms with Gasteiger partial charge in [-0.25, -0.2) is 4.39 Å². The molecule has 0 fully saturated rings. The highest BCUT2D eigenvalue weighted by molar-refractivity contribution is 5.94. The van der Waals surface area contributed by atoms with Gasteiger partial charge in [0.25, 0.3) is 0 Å². The number of benzene rings is 2. The molecule has 0 aliphatic carbocycles. The molecule has 6 heteroatoms. The lowest BCUT2D eigenvalue weighted by atomic mass is 10.1. The summed E-state index contributed by atoms with van der Waals surface area (Å²) in [6.07, 6.45) is 0.525. The van der Waals surface area contributed by atoms with Crippen molar-refractivity contribution in [3.05, 3.63) is 65.5 Å². The van der Waals surface area contributed by atoms with Crippen LogP contribution in [-0.2, 0) is 16.0 Å². The van der Waals surface area contributed by atoms with Crippen molar-refractivity contribution in [3.8, 4) is 6.07 Å². The molecule has 1 N–H and O–H groups in total. The van der Waals surface area contributed by atoms with E-state index in [2.05, 4.69) is 5.32 Å². The smallest absolute Gasteiger partial charge is 0.243 e. The topological polar surface area (TPSA) is 73.2 Å². The summed E-state index contributed by atoms with van der Waals surface area (Å²) < 4.78 is 12.9. The molecule has 25 heavy (non-hydrogen) atoms. The summed E-state index contributed by atoms with van der Waals surface area (Å²) >= 11 is 0.